The molecule has 5 aromatic rings. The fourth-order valence-corrected chi connectivity index (χ4v) is 5.94. The molecule has 0 saturated heterocycles. The molecule has 1 unspecified atom stereocenters. The Morgan fingerprint density at radius 1 is 0.795 bits per heavy atom. The topological polar surface area (TPSA) is 59.8 Å². The summed E-state index contributed by atoms with van der Waals surface area (Å²) in [6.45, 7) is 0. The van der Waals surface area contributed by atoms with Crippen LogP contribution in [0.3, 0.4) is 0 Å². The fraction of sp³-hybridized carbons (Fsp3) is 0.229. The number of carbonyl (C=O) groups is 1. The van der Waals surface area contributed by atoms with Crippen LogP contribution in [0.5, 0.6) is 0 Å². The van der Waals surface area contributed by atoms with Crippen LogP contribution in [0.4, 0.5) is 13.2 Å². The van der Waals surface area contributed by atoms with Crippen molar-refractivity contribution in [2.75, 3.05) is 5.75 Å². The Balaban J connectivity index is 1.21. The maximum absolute atomic E-state index is 13.5. The smallest absolute Gasteiger partial charge is 0.349 e. The summed E-state index contributed by atoms with van der Waals surface area (Å²) in [7, 11) is 0. The monoisotopic (exact) mass is 614 g/mol. The van der Waals surface area contributed by atoms with Crippen LogP contribution in [0.15, 0.2) is 120 Å². The Bertz CT molecular complexity index is 1630. The molecule has 0 bridgehead atoms. The lowest BCUT2D eigenvalue weighted by Crippen LogP contribution is -2.29. The quantitative estimate of drug-likeness (QED) is 0.107. The highest BCUT2D eigenvalue weighted by Gasteiger charge is 2.31. The molecule has 0 aliphatic rings. The Morgan fingerprint density at radius 2 is 1.45 bits per heavy atom. The van der Waals surface area contributed by atoms with E-state index in [-0.39, 0.29) is 11.9 Å². The van der Waals surface area contributed by atoms with Crippen molar-refractivity contribution in [1.82, 2.24) is 20.1 Å². The van der Waals surface area contributed by atoms with Crippen LogP contribution in [0.2, 0.25) is 0 Å². The van der Waals surface area contributed by atoms with Gasteiger partial charge in [-0.2, -0.15) is 13.2 Å². The van der Waals surface area contributed by atoms with Crippen molar-refractivity contribution >= 4 is 17.7 Å². The van der Waals surface area contributed by atoms with Gasteiger partial charge in [-0.15, -0.1) is 10.2 Å². The number of rotatable bonds is 13. The van der Waals surface area contributed by atoms with Gasteiger partial charge in [0.05, 0.1) is 17.3 Å². The number of benzene rings is 4. The van der Waals surface area contributed by atoms with Gasteiger partial charge in [0.1, 0.15) is 5.82 Å². The summed E-state index contributed by atoms with van der Waals surface area (Å²) in [6.07, 6.45) is -1.56. The van der Waals surface area contributed by atoms with Crippen LogP contribution in [0, 0.1) is 0 Å². The van der Waals surface area contributed by atoms with E-state index in [1.807, 2.05) is 78.9 Å². The van der Waals surface area contributed by atoms with Gasteiger partial charge in [-0.25, -0.2) is 0 Å². The van der Waals surface area contributed by atoms with E-state index in [0.717, 1.165) is 35.2 Å². The number of thioether (sulfide) groups is 1. The Hall–Kier alpha value is -4.37. The van der Waals surface area contributed by atoms with Gasteiger partial charge >= 0.3 is 6.18 Å². The van der Waals surface area contributed by atoms with Crippen LogP contribution in [0.25, 0.3) is 5.69 Å². The van der Waals surface area contributed by atoms with Gasteiger partial charge in [-0.05, 0) is 54.2 Å². The average molecular weight is 615 g/mol. The molecule has 1 amide bonds. The largest absolute Gasteiger partial charge is 0.416 e. The molecule has 1 N–H and O–H groups in total. The number of nitrogens with one attached hydrogen (secondary N) is 1. The number of nitrogens with zero attached hydrogens (tertiary/aromatic N) is 3. The first-order chi connectivity index (χ1) is 21.4. The minimum Gasteiger partial charge on any atom is -0.349 e. The van der Waals surface area contributed by atoms with E-state index in [4.69, 9.17) is 0 Å². The molecule has 0 aliphatic carbocycles. The Kier molecular flexibility index (Phi) is 10.5. The molecule has 1 heterocycles. The SMILES string of the molecule is O=C(CCCCSc1nnc(Cc2ccccc2)n1-c1cccc(C(F)(F)F)c1)NC(Cc1ccccc1)c1ccccc1. The van der Waals surface area contributed by atoms with Gasteiger partial charge < -0.3 is 5.32 Å². The number of halogens is 3. The number of hydrogen-bond donors (Lipinski definition) is 1. The number of alkyl halides is 3. The van der Waals surface area contributed by atoms with Crippen LogP contribution >= 0.6 is 11.8 Å². The molecule has 0 aliphatic heterocycles. The summed E-state index contributed by atoms with van der Waals surface area (Å²) in [6, 6.07) is 34.8. The maximum atomic E-state index is 13.5. The second-order valence-electron chi connectivity index (χ2n) is 10.5. The highest BCUT2D eigenvalue weighted by atomic mass is 32.2. The standard InChI is InChI=1S/C35H33F3N4OS/c36-35(37,38)29-19-12-20-30(25-29)42-32(24-27-15-6-2-7-16-27)40-41-34(42)44-22-11-10-21-33(43)39-31(28-17-8-3-9-18-28)23-26-13-4-1-5-14-26/h1-9,12-20,25,31H,10-11,21-24H2,(H,39,43). The number of unbranched alkanes of at least 4 members (excludes halogenated alkanes) is 1. The first kappa shape index (κ1) is 31.1. The third-order valence-corrected chi connectivity index (χ3v) is 8.20. The molecule has 5 rings (SSSR count). The number of amides is 1. The van der Waals surface area contributed by atoms with Gasteiger partial charge in [0.2, 0.25) is 5.91 Å². The molecule has 9 heteroatoms. The van der Waals surface area contributed by atoms with Crippen LogP contribution < -0.4 is 5.32 Å². The summed E-state index contributed by atoms with van der Waals surface area (Å²) < 4.78 is 42.3. The normalized spacial score (nSPS) is 12.2. The first-order valence-electron chi connectivity index (χ1n) is 14.5. The van der Waals surface area contributed by atoms with Gasteiger partial charge in [0, 0.05) is 18.6 Å². The highest BCUT2D eigenvalue weighted by molar-refractivity contribution is 7.99. The molecular formula is C35H33F3N4OS. The zero-order valence-electron chi connectivity index (χ0n) is 24.1. The molecule has 1 atom stereocenters. The van der Waals surface area contributed by atoms with E-state index in [9.17, 15) is 18.0 Å². The second kappa shape index (κ2) is 14.9. The van der Waals surface area contributed by atoms with E-state index >= 15 is 0 Å². The van der Waals surface area contributed by atoms with E-state index in [0.29, 0.717) is 48.1 Å². The van der Waals surface area contributed by atoms with Crippen molar-refractivity contribution in [2.24, 2.45) is 0 Å². The summed E-state index contributed by atoms with van der Waals surface area (Å²) in [5, 5.41) is 12.4. The van der Waals surface area contributed by atoms with Crippen molar-refractivity contribution in [3.05, 3.63) is 143 Å². The second-order valence-corrected chi connectivity index (χ2v) is 11.5. The van der Waals surface area contributed by atoms with Crippen molar-refractivity contribution in [3.63, 3.8) is 0 Å². The lowest BCUT2D eigenvalue weighted by Gasteiger charge is -2.19. The third-order valence-electron chi connectivity index (χ3n) is 7.19. The maximum Gasteiger partial charge on any atom is 0.416 e. The first-order valence-corrected chi connectivity index (χ1v) is 15.5. The predicted octanol–water partition coefficient (Wildman–Crippen LogP) is 8.24. The molecule has 5 nitrogen and oxygen atoms in total. The number of hydrogen-bond acceptors (Lipinski definition) is 4. The molecule has 1 aromatic heterocycles. The molecule has 0 fully saturated rings. The van der Waals surface area contributed by atoms with Gasteiger partial charge in [-0.1, -0.05) is 109 Å². The van der Waals surface area contributed by atoms with Crippen molar-refractivity contribution in [1.29, 1.82) is 0 Å². The lowest BCUT2D eigenvalue weighted by atomic mass is 9.98. The highest BCUT2D eigenvalue weighted by Crippen LogP contribution is 2.32. The lowest BCUT2D eigenvalue weighted by molar-refractivity contribution is -0.137. The molecule has 226 valence electrons. The van der Waals surface area contributed by atoms with Crippen molar-refractivity contribution in [2.45, 2.75) is 49.5 Å². The summed E-state index contributed by atoms with van der Waals surface area (Å²) in [5.41, 5.74) is 2.83. The van der Waals surface area contributed by atoms with E-state index < -0.39 is 11.7 Å². The zero-order chi connectivity index (χ0) is 30.8. The number of carbonyl (C=O) groups excluding carboxylic acids is 1. The van der Waals surface area contributed by atoms with E-state index in [1.165, 1.54) is 17.8 Å². The molecule has 4 aromatic carbocycles. The van der Waals surface area contributed by atoms with Gasteiger partial charge in [0.25, 0.3) is 0 Å². The molecule has 0 radical (unpaired) electrons. The third kappa shape index (κ3) is 8.60. The molecule has 0 saturated carbocycles. The summed E-state index contributed by atoms with van der Waals surface area (Å²) >= 11 is 1.43. The van der Waals surface area contributed by atoms with Crippen LogP contribution in [-0.2, 0) is 23.8 Å². The van der Waals surface area contributed by atoms with Crippen molar-refractivity contribution < 1.29 is 18.0 Å². The Morgan fingerprint density at radius 3 is 2.14 bits per heavy atom. The minimum absolute atomic E-state index is 0.0166. The average Bonchev–Trinajstić information content (AvgIpc) is 3.43. The van der Waals surface area contributed by atoms with Crippen LogP contribution in [-0.4, -0.2) is 26.4 Å². The van der Waals surface area contributed by atoms with Crippen LogP contribution in [0.1, 0.15) is 53.4 Å². The Labute approximate surface area is 259 Å². The van der Waals surface area contributed by atoms with Crippen molar-refractivity contribution in [3.8, 4) is 5.69 Å². The fourth-order valence-electron chi connectivity index (χ4n) is 4.97. The molecule has 44 heavy (non-hydrogen) atoms. The predicted molar refractivity (Wildman–Crippen MR) is 168 cm³/mol. The van der Waals surface area contributed by atoms with Gasteiger partial charge in [0.15, 0.2) is 5.16 Å². The zero-order valence-corrected chi connectivity index (χ0v) is 24.9. The van der Waals surface area contributed by atoms with E-state index in [1.54, 1.807) is 10.6 Å². The number of aromatic nitrogens is 3. The van der Waals surface area contributed by atoms with E-state index in [2.05, 4.69) is 27.6 Å². The minimum atomic E-state index is -4.46. The molecular weight excluding hydrogens is 581 g/mol. The summed E-state index contributed by atoms with van der Waals surface area (Å²) in [5.74, 6) is 1.18. The molecule has 0 spiro atoms. The summed E-state index contributed by atoms with van der Waals surface area (Å²) in [4.78, 5) is 12.9. The van der Waals surface area contributed by atoms with Gasteiger partial charge in [-0.3, -0.25) is 9.36 Å².